The maximum atomic E-state index is 9.87. The van der Waals surface area contributed by atoms with E-state index in [-0.39, 0.29) is 0 Å². The molecule has 0 saturated heterocycles. The van der Waals surface area contributed by atoms with Crippen molar-refractivity contribution in [3.05, 3.63) is 84.2 Å². The number of oxazole rings is 1. The predicted molar refractivity (Wildman–Crippen MR) is 110 cm³/mol. The second kappa shape index (κ2) is 7.50. The van der Waals surface area contributed by atoms with Crippen molar-refractivity contribution in [1.29, 1.82) is 0 Å². The number of fused-ring (bicyclic) bond motifs is 1. The molecule has 4 aromatic rings. The van der Waals surface area contributed by atoms with Crippen LogP contribution in [0.25, 0.3) is 34.7 Å². The number of hydrogen-bond acceptors (Lipinski definition) is 2. The van der Waals surface area contributed by atoms with Gasteiger partial charge in [-0.2, -0.15) is 0 Å². The van der Waals surface area contributed by atoms with Gasteiger partial charge >= 0.3 is 33.0 Å². The van der Waals surface area contributed by atoms with Gasteiger partial charge in [-0.15, -0.1) is 0 Å². The fraction of sp³-hybridized carbons (Fsp3) is 0.0476. The van der Waals surface area contributed by atoms with Gasteiger partial charge in [0, 0.05) is 17.2 Å². The first kappa shape index (κ1) is 22.5. The Bertz CT molecular complexity index is 1190. The molecule has 2 aromatic heterocycles. The number of aryl methyl sites for hydroxylation is 1. The Kier molecular flexibility index (Phi) is 5.44. The van der Waals surface area contributed by atoms with Crippen LogP contribution in [0.4, 0.5) is 25.2 Å². The summed E-state index contributed by atoms with van der Waals surface area (Å²) in [5.41, 5.74) is 4.99. The Labute approximate surface area is 173 Å². The molecule has 0 fully saturated rings. The molecule has 0 aliphatic carbocycles. The fourth-order valence-corrected chi connectivity index (χ4v) is 2.63. The Morgan fingerprint density at radius 1 is 0.806 bits per heavy atom. The summed E-state index contributed by atoms with van der Waals surface area (Å²) >= 11 is 0. The van der Waals surface area contributed by atoms with E-state index in [1.807, 2.05) is 60.3 Å². The van der Waals surface area contributed by atoms with E-state index in [4.69, 9.17) is 4.42 Å². The molecule has 2 heterocycles. The number of nitrogens with zero attached hydrogens (tertiary/aromatic N) is 2. The van der Waals surface area contributed by atoms with Gasteiger partial charge in [0.05, 0.1) is 0 Å². The summed E-state index contributed by atoms with van der Waals surface area (Å²) < 4.78 is 67.0. The first-order chi connectivity index (χ1) is 14.2. The molecule has 0 radical (unpaired) electrons. The number of hydrogen-bond donors (Lipinski definition) is 0. The number of halogens is 6. The molecule has 0 N–H and O–H groups in total. The topological polar surface area (TPSA) is 29.9 Å². The summed E-state index contributed by atoms with van der Waals surface area (Å²) in [4.78, 5) is 4.53. The summed E-state index contributed by atoms with van der Waals surface area (Å²) in [5.74, 6) is 0.654. The molecule has 0 spiro atoms. The SMILES string of the molecule is C[n+]1cccc(/C=C/c2ccc(-c3nc4ccccc4o3)cc2)c1.F[P-](F)(F)(F)(F)F. The van der Waals surface area contributed by atoms with Crippen LogP contribution >= 0.6 is 7.81 Å². The average molecular weight is 458 g/mol. The molecule has 0 saturated carbocycles. The molecular weight excluding hydrogens is 441 g/mol. The third-order valence-electron chi connectivity index (χ3n) is 3.88. The normalized spacial score (nSPS) is 14.0. The third kappa shape index (κ3) is 8.22. The van der Waals surface area contributed by atoms with Crippen molar-refractivity contribution in [2.45, 2.75) is 0 Å². The summed E-state index contributed by atoms with van der Waals surface area (Å²) in [7, 11) is -8.64. The molecule has 4 rings (SSSR count). The van der Waals surface area contributed by atoms with Crippen LogP contribution in [0.5, 0.6) is 0 Å². The fourth-order valence-electron chi connectivity index (χ4n) is 2.63. The quantitative estimate of drug-likeness (QED) is 0.178. The van der Waals surface area contributed by atoms with Gasteiger partial charge < -0.3 is 4.42 Å². The van der Waals surface area contributed by atoms with Crippen molar-refractivity contribution in [2.24, 2.45) is 7.05 Å². The molecule has 0 atom stereocenters. The van der Waals surface area contributed by atoms with E-state index in [1.54, 1.807) is 0 Å². The van der Waals surface area contributed by atoms with Crippen LogP contribution in [0.1, 0.15) is 11.1 Å². The monoisotopic (exact) mass is 458 g/mol. The summed E-state index contributed by atoms with van der Waals surface area (Å²) in [5, 5.41) is 0. The van der Waals surface area contributed by atoms with E-state index < -0.39 is 7.81 Å². The van der Waals surface area contributed by atoms with E-state index in [1.165, 1.54) is 5.56 Å². The molecule has 3 nitrogen and oxygen atoms in total. The van der Waals surface area contributed by atoms with Gasteiger partial charge in [-0.05, 0) is 42.0 Å². The molecular formula is C21H17F6N2OP. The first-order valence-corrected chi connectivity index (χ1v) is 10.9. The van der Waals surface area contributed by atoms with E-state index >= 15 is 0 Å². The van der Waals surface area contributed by atoms with Gasteiger partial charge in [0.25, 0.3) is 0 Å². The van der Waals surface area contributed by atoms with Crippen LogP contribution in [-0.2, 0) is 7.05 Å². The molecule has 2 aromatic carbocycles. The van der Waals surface area contributed by atoms with E-state index in [2.05, 4.69) is 41.5 Å². The number of para-hydroxylation sites is 2. The molecule has 0 unspecified atom stereocenters. The van der Waals surface area contributed by atoms with Crippen LogP contribution in [0.2, 0.25) is 0 Å². The van der Waals surface area contributed by atoms with Gasteiger partial charge in [0.1, 0.15) is 12.6 Å². The van der Waals surface area contributed by atoms with Crippen molar-refractivity contribution in [1.82, 2.24) is 4.98 Å². The van der Waals surface area contributed by atoms with Gasteiger partial charge in [-0.3, -0.25) is 0 Å². The Hall–Kier alpha value is -3.19. The number of rotatable bonds is 3. The Morgan fingerprint density at radius 3 is 2.03 bits per heavy atom. The molecule has 0 bridgehead atoms. The van der Waals surface area contributed by atoms with Gasteiger partial charge in [-0.25, -0.2) is 9.55 Å². The maximum absolute atomic E-state index is 10.7. The number of benzene rings is 2. The van der Waals surface area contributed by atoms with Gasteiger partial charge in [0.2, 0.25) is 5.89 Å². The average Bonchev–Trinajstić information content (AvgIpc) is 3.09. The standard InChI is InChI=1S/C21H17N2O.F6P/c1-23-14-4-5-17(15-23)9-8-16-10-12-18(13-11-16)21-22-19-6-2-3-7-20(19)24-21;1-7(2,3,4,5)6/h2-15H,1H3;/q+1;-1/b9-8+;. The molecule has 164 valence electrons. The minimum absolute atomic E-state index is 0.654. The van der Waals surface area contributed by atoms with Crippen molar-refractivity contribution >= 4 is 31.1 Å². The van der Waals surface area contributed by atoms with Crippen molar-refractivity contribution in [3.8, 4) is 11.5 Å². The predicted octanol–water partition coefficient (Wildman–Crippen LogP) is 7.87. The first-order valence-electron chi connectivity index (χ1n) is 8.89. The van der Waals surface area contributed by atoms with Crippen molar-refractivity contribution in [3.63, 3.8) is 0 Å². The zero-order valence-electron chi connectivity index (χ0n) is 16.1. The number of aromatic nitrogens is 2. The molecule has 31 heavy (non-hydrogen) atoms. The van der Waals surface area contributed by atoms with Gasteiger partial charge in [0.15, 0.2) is 18.0 Å². The van der Waals surface area contributed by atoms with Crippen LogP contribution in [-0.4, -0.2) is 4.98 Å². The summed E-state index contributed by atoms with van der Waals surface area (Å²) in [6.45, 7) is 0. The summed E-state index contributed by atoms with van der Waals surface area (Å²) in [6.07, 6.45) is 8.31. The van der Waals surface area contributed by atoms with Crippen LogP contribution in [0.15, 0.2) is 77.5 Å². The third-order valence-corrected chi connectivity index (χ3v) is 3.88. The zero-order valence-corrected chi connectivity index (χ0v) is 17.0. The van der Waals surface area contributed by atoms with E-state index in [0.717, 1.165) is 22.2 Å². The van der Waals surface area contributed by atoms with Crippen LogP contribution in [0.3, 0.4) is 0 Å². The minimum atomic E-state index is -10.7. The second-order valence-electron chi connectivity index (χ2n) is 6.70. The number of pyridine rings is 1. The molecule has 0 aliphatic rings. The Balaban J connectivity index is 0.000000339. The Morgan fingerprint density at radius 2 is 1.42 bits per heavy atom. The van der Waals surface area contributed by atoms with Gasteiger partial charge in [-0.1, -0.05) is 30.3 Å². The van der Waals surface area contributed by atoms with Crippen molar-refractivity contribution < 1.29 is 34.2 Å². The molecule has 0 amide bonds. The van der Waals surface area contributed by atoms with E-state index in [0.29, 0.717) is 5.89 Å². The van der Waals surface area contributed by atoms with Crippen LogP contribution < -0.4 is 4.57 Å². The second-order valence-corrected chi connectivity index (χ2v) is 8.62. The van der Waals surface area contributed by atoms with E-state index in [9.17, 15) is 25.2 Å². The van der Waals surface area contributed by atoms with Crippen LogP contribution in [0, 0.1) is 0 Å². The summed E-state index contributed by atoms with van der Waals surface area (Å²) in [6, 6.07) is 20.2. The molecule has 10 heteroatoms. The van der Waals surface area contributed by atoms with Crippen molar-refractivity contribution in [2.75, 3.05) is 0 Å². The zero-order chi connectivity index (χ0) is 22.8. The molecule has 0 aliphatic heterocycles.